The first kappa shape index (κ1) is 11.7. The van der Waals surface area contributed by atoms with Crippen molar-refractivity contribution in [1.29, 1.82) is 0 Å². The van der Waals surface area contributed by atoms with Crippen LogP contribution in [0.4, 0.5) is 0 Å². The van der Waals surface area contributed by atoms with Gasteiger partial charge in [-0.05, 0) is 13.3 Å². The van der Waals surface area contributed by atoms with E-state index in [-0.39, 0.29) is 0 Å². The van der Waals surface area contributed by atoms with Gasteiger partial charge in [0.2, 0.25) is 0 Å². The van der Waals surface area contributed by atoms with Gasteiger partial charge >= 0.3 is 0 Å². The Labute approximate surface area is 93.5 Å². The van der Waals surface area contributed by atoms with Gasteiger partial charge < -0.3 is 5.21 Å². The predicted molar refractivity (Wildman–Crippen MR) is 63.8 cm³/mol. The Morgan fingerprint density at radius 3 is 3.13 bits per heavy atom. The minimum Gasteiger partial charge on any atom is -0.411 e. The Morgan fingerprint density at radius 2 is 2.53 bits per heavy atom. The number of aromatic nitrogens is 1. The Kier molecular flexibility index (Phi) is 4.77. The third-order valence-corrected chi connectivity index (χ3v) is 3.01. The van der Waals surface area contributed by atoms with Gasteiger partial charge in [0.25, 0.3) is 0 Å². The van der Waals surface area contributed by atoms with Gasteiger partial charge in [-0.15, -0.1) is 11.3 Å². The summed E-state index contributed by atoms with van der Waals surface area (Å²) in [6, 6.07) is 0. The molecule has 0 saturated heterocycles. The second-order valence-electron chi connectivity index (χ2n) is 2.97. The maximum absolute atomic E-state index is 8.35. The number of allylic oxidation sites excluding steroid dienone is 3. The molecule has 1 aromatic heterocycles. The third kappa shape index (κ3) is 3.67. The Balaban J connectivity index is 2.54. The molecule has 15 heavy (non-hydrogen) atoms. The summed E-state index contributed by atoms with van der Waals surface area (Å²) in [6.45, 7) is 5.74. The van der Waals surface area contributed by atoms with Crippen molar-refractivity contribution in [2.45, 2.75) is 19.8 Å². The number of hydrogen-bond donors (Lipinski definition) is 1. The molecular formula is C11H14N2OS. The fraction of sp³-hybridized carbons (Fsp3) is 0.273. The van der Waals surface area contributed by atoms with Crippen molar-refractivity contribution in [1.82, 2.24) is 4.98 Å². The van der Waals surface area contributed by atoms with E-state index in [1.54, 1.807) is 6.20 Å². The van der Waals surface area contributed by atoms with Crippen molar-refractivity contribution < 1.29 is 5.21 Å². The zero-order valence-electron chi connectivity index (χ0n) is 8.68. The van der Waals surface area contributed by atoms with E-state index in [1.165, 1.54) is 23.1 Å². The van der Waals surface area contributed by atoms with Crippen molar-refractivity contribution in [3.8, 4) is 0 Å². The molecule has 4 heteroatoms. The van der Waals surface area contributed by atoms with Crippen LogP contribution in [0.5, 0.6) is 0 Å². The second kappa shape index (κ2) is 6.14. The number of oxime groups is 1. The highest BCUT2D eigenvalue weighted by Gasteiger charge is 2.00. The van der Waals surface area contributed by atoms with Gasteiger partial charge in [0.05, 0.1) is 16.1 Å². The molecule has 0 saturated carbocycles. The summed E-state index contributed by atoms with van der Waals surface area (Å²) in [5, 5.41) is 12.4. The first-order valence-electron chi connectivity index (χ1n) is 4.70. The summed E-state index contributed by atoms with van der Waals surface area (Å²) in [6.07, 6.45) is 8.87. The molecule has 1 heterocycles. The van der Waals surface area contributed by atoms with Gasteiger partial charge in [0.1, 0.15) is 0 Å². The van der Waals surface area contributed by atoms with Crippen molar-refractivity contribution in [2.75, 3.05) is 0 Å². The van der Waals surface area contributed by atoms with E-state index >= 15 is 0 Å². The van der Waals surface area contributed by atoms with Crippen LogP contribution in [0.15, 0.2) is 35.7 Å². The van der Waals surface area contributed by atoms with E-state index in [0.717, 1.165) is 22.7 Å². The highest BCUT2D eigenvalue weighted by atomic mass is 32.1. The van der Waals surface area contributed by atoms with Gasteiger partial charge in [-0.1, -0.05) is 29.5 Å². The maximum Gasteiger partial charge on any atom is 0.0934 e. The number of rotatable bonds is 5. The van der Waals surface area contributed by atoms with E-state index in [0.29, 0.717) is 0 Å². The molecule has 80 valence electrons. The molecule has 1 rings (SSSR count). The van der Waals surface area contributed by atoms with Crippen LogP contribution in [0.1, 0.15) is 23.2 Å². The van der Waals surface area contributed by atoms with Crippen LogP contribution in [0.3, 0.4) is 0 Å². The first-order valence-corrected chi connectivity index (χ1v) is 5.51. The van der Waals surface area contributed by atoms with Gasteiger partial charge in [-0.3, -0.25) is 0 Å². The quantitative estimate of drug-likeness (QED) is 0.360. The molecular weight excluding hydrogens is 208 g/mol. The molecule has 0 aliphatic rings. The summed E-state index contributed by atoms with van der Waals surface area (Å²) in [7, 11) is 0. The largest absolute Gasteiger partial charge is 0.411 e. The monoisotopic (exact) mass is 222 g/mol. The third-order valence-electron chi connectivity index (χ3n) is 2.02. The normalized spacial score (nSPS) is 12.2. The molecule has 0 unspecified atom stereocenters. The molecule has 1 aromatic rings. The van der Waals surface area contributed by atoms with E-state index in [1.807, 2.05) is 13.0 Å². The van der Waals surface area contributed by atoms with Crippen molar-refractivity contribution in [3.05, 3.63) is 40.4 Å². The van der Waals surface area contributed by atoms with Crippen molar-refractivity contribution in [2.24, 2.45) is 5.16 Å². The van der Waals surface area contributed by atoms with Crippen LogP contribution in [-0.2, 0) is 6.42 Å². The van der Waals surface area contributed by atoms with E-state index in [9.17, 15) is 0 Å². The number of aryl methyl sites for hydroxylation is 1. The van der Waals surface area contributed by atoms with Gasteiger partial charge in [-0.2, -0.15) is 0 Å². The molecule has 3 nitrogen and oxygen atoms in total. The van der Waals surface area contributed by atoms with Crippen LogP contribution in [0.2, 0.25) is 0 Å². The zero-order chi connectivity index (χ0) is 11.1. The second-order valence-corrected chi connectivity index (χ2v) is 4.12. The lowest BCUT2D eigenvalue weighted by Gasteiger charge is -1.97. The molecule has 0 aliphatic carbocycles. The minimum absolute atomic E-state index is 0.869. The lowest BCUT2D eigenvalue weighted by Crippen LogP contribution is -1.85. The molecule has 0 atom stereocenters. The molecule has 0 aromatic carbocycles. The van der Waals surface area contributed by atoms with Gasteiger partial charge in [-0.25, -0.2) is 4.98 Å². The average Bonchev–Trinajstić information content (AvgIpc) is 2.68. The number of thiazole rings is 1. The highest BCUT2D eigenvalue weighted by Crippen LogP contribution is 2.15. The summed E-state index contributed by atoms with van der Waals surface area (Å²) >= 11 is 1.54. The zero-order valence-corrected chi connectivity index (χ0v) is 9.50. The molecule has 0 fully saturated rings. The predicted octanol–water partition coefficient (Wildman–Crippen LogP) is 3.02. The maximum atomic E-state index is 8.35. The van der Waals surface area contributed by atoms with Crippen LogP contribution in [0, 0.1) is 0 Å². The van der Waals surface area contributed by atoms with Crippen LogP contribution in [0.25, 0.3) is 0 Å². The number of hydrogen-bond acceptors (Lipinski definition) is 4. The lowest BCUT2D eigenvalue weighted by atomic mass is 10.1. The van der Waals surface area contributed by atoms with Crippen LogP contribution < -0.4 is 0 Å². The van der Waals surface area contributed by atoms with Crippen LogP contribution >= 0.6 is 11.3 Å². The van der Waals surface area contributed by atoms with Gasteiger partial charge in [0.15, 0.2) is 0 Å². The standard InChI is InChI=1S/C11H14N2OS/c1-3-9(4-2)5-6-11-12-7-10(15-11)8-13-14/h3-4,7-8,14H,1,5-6H2,2H3/b9-4+,13-8+. The van der Waals surface area contributed by atoms with E-state index in [2.05, 4.69) is 22.8 Å². The topological polar surface area (TPSA) is 45.5 Å². The Morgan fingerprint density at radius 1 is 1.73 bits per heavy atom. The van der Waals surface area contributed by atoms with Crippen molar-refractivity contribution >= 4 is 17.6 Å². The molecule has 0 aliphatic heterocycles. The fourth-order valence-corrected chi connectivity index (χ4v) is 1.96. The Bertz CT molecular complexity index is 380. The van der Waals surface area contributed by atoms with Crippen LogP contribution in [-0.4, -0.2) is 16.4 Å². The minimum atomic E-state index is 0.869. The summed E-state index contributed by atoms with van der Waals surface area (Å²) in [5.74, 6) is 0. The van der Waals surface area contributed by atoms with E-state index < -0.39 is 0 Å². The highest BCUT2D eigenvalue weighted by molar-refractivity contribution is 7.13. The smallest absolute Gasteiger partial charge is 0.0934 e. The molecule has 1 N–H and O–H groups in total. The SMILES string of the molecule is C=C/C(=C\C)CCc1ncc(/C=N/O)s1. The molecule has 0 bridgehead atoms. The average molecular weight is 222 g/mol. The lowest BCUT2D eigenvalue weighted by molar-refractivity contribution is 0.322. The van der Waals surface area contributed by atoms with E-state index in [4.69, 9.17) is 5.21 Å². The Hall–Kier alpha value is -1.42. The van der Waals surface area contributed by atoms with Gasteiger partial charge in [0, 0.05) is 12.6 Å². The first-order chi connectivity index (χ1) is 7.30. The molecule has 0 radical (unpaired) electrons. The molecule has 0 amide bonds. The fourth-order valence-electron chi connectivity index (χ4n) is 1.17. The van der Waals surface area contributed by atoms with Crippen molar-refractivity contribution in [3.63, 3.8) is 0 Å². The summed E-state index contributed by atoms with van der Waals surface area (Å²) < 4.78 is 0. The number of nitrogens with zero attached hydrogens (tertiary/aromatic N) is 2. The summed E-state index contributed by atoms with van der Waals surface area (Å²) in [4.78, 5) is 5.10. The summed E-state index contributed by atoms with van der Waals surface area (Å²) in [5.41, 5.74) is 1.22. The molecule has 0 spiro atoms.